The van der Waals surface area contributed by atoms with Gasteiger partial charge in [-0.1, -0.05) is 17.7 Å². The van der Waals surface area contributed by atoms with Crippen LogP contribution in [0.25, 0.3) is 0 Å². The Kier molecular flexibility index (Phi) is 3.63. The number of aryl methyl sites for hydroxylation is 1. The van der Waals surface area contributed by atoms with Gasteiger partial charge in [-0.15, -0.1) is 0 Å². The van der Waals surface area contributed by atoms with Crippen molar-refractivity contribution in [2.24, 2.45) is 0 Å². The van der Waals surface area contributed by atoms with E-state index in [4.69, 9.17) is 3.87 Å². The maximum atomic E-state index is 11.7. The van der Waals surface area contributed by atoms with Crippen LogP contribution in [0.5, 0.6) is 0 Å². The highest BCUT2D eigenvalue weighted by Gasteiger charge is 2.19. The quantitative estimate of drug-likeness (QED) is 0.744. The molecule has 0 N–H and O–H groups in total. The molecule has 0 radical (unpaired) electrons. The molecule has 1 aromatic rings. The summed E-state index contributed by atoms with van der Waals surface area (Å²) in [6, 6.07) is 7.60. The fraction of sp³-hybridized carbons (Fsp3) is 0.400. The molecule has 1 rings (SSSR count). The van der Waals surface area contributed by atoms with Gasteiger partial charge in [0.2, 0.25) is 8.32 Å². The van der Waals surface area contributed by atoms with Crippen molar-refractivity contribution in [3.8, 4) is 0 Å². The lowest BCUT2D eigenvalue weighted by molar-refractivity contribution is 0.563. The van der Waals surface area contributed by atoms with Gasteiger partial charge < -0.3 is 3.87 Å². The van der Waals surface area contributed by atoms with Crippen LogP contribution in [0.1, 0.15) is 5.56 Å². The van der Waals surface area contributed by atoms with Gasteiger partial charge >= 0.3 is 0 Å². The fourth-order valence-corrected chi connectivity index (χ4v) is 3.48. The predicted octanol–water partition coefficient (Wildman–Crippen LogP) is 2.87. The van der Waals surface area contributed by atoms with Gasteiger partial charge in [-0.05, 0) is 38.7 Å². The molecule has 14 heavy (non-hydrogen) atoms. The van der Waals surface area contributed by atoms with Gasteiger partial charge in [-0.2, -0.15) is 0 Å². The van der Waals surface area contributed by atoms with Crippen LogP contribution in [-0.2, 0) is 15.0 Å². The summed E-state index contributed by atoms with van der Waals surface area (Å²) in [5.41, 5.74) is 1.17. The van der Waals surface area contributed by atoms with Crippen molar-refractivity contribution in [3.63, 3.8) is 0 Å². The Balaban J connectivity index is 2.76. The van der Waals surface area contributed by atoms with E-state index in [1.807, 2.05) is 50.8 Å². The smallest absolute Gasteiger partial charge is 0.205 e. The molecule has 1 atom stereocenters. The van der Waals surface area contributed by atoms with Gasteiger partial charge in [0.15, 0.2) is 11.1 Å². The molecule has 0 saturated heterocycles. The second-order valence-corrected chi connectivity index (χ2v) is 10.1. The van der Waals surface area contributed by atoms with Crippen LogP contribution >= 0.6 is 0 Å². The molecular weight excluding hydrogens is 212 g/mol. The molecule has 0 unspecified atom stereocenters. The zero-order valence-corrected chi connectivity index (χ0v) is 10.9. The first-order valence-corrected chi connectivity index (χ1v) is 9.05. The summed E-state index contributed by atoms with van der Waals surface area (Å²) in [6.07, 6.45) is 0. The van der Waals surface area contributed by atoms with Gasteiger partial charge in [-0.3, -0.25) is 0 Å². The molecule has 2 nitrogen and oxygen atoms in total. The topological polar surface area (TPSA) is 26.3 Å². The molecule has 0 aliphatic rings. The van der Waals surface area contributed by atoms with Gasteiger partial charge in [-0.25, -0.2) is 4.21 Å². The minimum atomic E-state index is -1.72. The average Bonchev–Trinajstić information content (AvgIpc) is 2.02. The molecule has 0 aliphatic heterocycles. The number of rotatable bonds is 3. The Morgan fingerprint density at radius 3 is 2.07 bits per heavy atom. The predicted molar refractivity (Wildman–Crippen MR) is 62.0 cm³/mol. The summed E-state index contributed by atoms with van der Waals surface area (Å²) in [6.45, 7) is 8.09. The summed E-state index contributed by atoms with van der Waals surface area (Å²) < 4.78 is 17.2. The molecule has 0 amide bonds. The van der Waals surface area contributed by atoms with Crippen molar-refractivity contribution in [1.82, 2.24) is 0 Å². The van der Waals surface area contributed by atoms with Crippen LogP contribution in [0.2, 0.25) is 19.6 Å². The Morgan fingerprint density at radius 1 is 1.14 bits per heavy atom. The van der Waals surface area contributed by atoms with Gasteiger partial charge in [0, 0.05) is 0 Å². The number of hydrogen-bond donors (Lipinski definition) is 0. The second kappa shape index (κ2) is 4.38. The van der Waals surface area contributed by atoms with Crippen molar-refractivity contribution >= 4 is 19.4 Å². The SMILES string of the molecule is Cc1ccc([S@@](=O)O[Si](C)(C)C)cc1. The third-order valence-corrected chi connectivity index (χ3v) is 4.80. The molecule has 0 fully saturated rings. The van der Waals surface area contributed by atoms with E-state index in [1.54, 1.807) is 0 Å². The molecule has 0 aromatic heterocycles. The lowest BCUT2D eigenvalue weighted by Gasteiger charge is -2.15. The van der Waals surface area contributed by atoms with E-state index in [9.17, 15) is 4.21 Å². The van der Waals surface area contributed by atoms with E-state index in [-0.39, 0.29) is 0 Å². The highest BCUT2D eigenvalue weighted by Crippen LogP contribution is 2.14. The van der Waals surface area contributed by atoms with Crippen molar-refractivity contribution < 1.29 is 8.08 Å². The minimum Gasteiger partial charge on any atom is -0.332 e. The summed E-state index contributed by atoms with van der Waals surface area (Å²) in [5.74, 6) is 0. The molecule has 0 saturated carbocycles. The largest absolute Gasteiger partial charge is 0.332 e. The Bertz CT molecular complexity index is 327. The third kappa shape index (κ3) is 3.73. The highest BCUT2D eigenvalue weighted by molar-refractivity contribution is 7.81. The minimum absolute atomic E-state index is 0.748. The Labute approximate surface area is 89.1 Å². The number of benzene rings is 1. The first-order valence-electron chi connectivity index (χ1n) is 4.56. The van der Waals surface area contributed by atoms with Crippen molar-refractivity contribution in [1.29, 1.82) is 0 Å². The van der Waals surface area contributed by atoms with Crippen LogP contribution in [-0.4, -0.2) is 12.5 Å². The highest BCUT2D eigenvalue weighted by atomic mass is 32.2. The standard InChI is InChI=1S/C10H16O2SSi/c1-9-5-7-10(8-6-9)13(11)12-14(2,3)4/h5-8H,1-4H3/t13-/m0/s1. The first-order chi connectivity index (χ1) is 6.38. The van der Waals surface area contributed by atoms with Crippen LogP contribution in [0.3, 0.4) is 0 Å². The summed E-state index contributed by atoms with van der Waals surface area (Å²) >= 11 is -1.30. The molecule has 0 spiro atoms. The second-order valence-electron chi connectivity index (χ2n) is 4.24. The van der Waals surface area contributed by atoms with E-state index >= 15 is 0 Å². The molecule has 1 aromatic carbocycles. The van der Waals surface area contributed by atoms with E-state index in [2.05, 4.69) is 0 Å². The summed E-state index contributed by atoms with van der Waals surface area (Å²) in [4.78, 5) is 0.748. The Morgan fingerprint density at radius 2 is 1.64 bits per heavy atom. The summed E-state index contributed by atoms with van der Waals surface area (Å²) in [7, 11) is -1.72. The third-order valence-electron chi connectivity index (χ3n) is 1.54. The lowest BCUT2D eigenvalue weighted by atomic mass is 10.2. The van der Waals surface area contributed by atoms with Gasteiger partial charge in [0.25, 0.3) is 0 Å². The van der Waals surface area contributed by atoms with Crippen LogP contribution in [0.15, 0.2) is 29.2 Å². The molecule has 0 heterocycles. The first kappa shape index (κ1) is 11.6. The molecule has 78 valence electrons. The molecule has 0 aliphatic carbocycles. The summed E-state index contributed by atoms with van der Waals surface area (Å²) in [5, 5.41) is 0. The van der Waals surface area contributed by atoms with Crippen molar-refractivity contribution in [3.05, 3.63) is 29.8 Å². The van der Waals surface area contributed by atoms with E-state index < -0.39 is 19.4 Å². The van der Waals surface area contributed by atoms with Crippen LogP contribution < -0.4 is 0 Å². The zero-order chi connectivity index (χ0) is 10.8. The Hall–Kier alpha value is -0.453. The lowest BCUT2D eigenvalue weighted by Crippen LogP contribution is -2.26. The van der Waals surface area contributed by atoms with Crippen LogP contribution in [0.4, 0.5) is 0 Å². The maximum Gasteiger partial charge on any atom is 0.205 e. The van der Waals surface area contributed by atoms with Crippen LogP contribution in [0, 0.1) is 6.92 Å². The van der Waals surface area contributed by atoms with Crippen molar-refractivity contribution in [2.75, 3.05) is 0 Å². The van der Waals surface area contributed by atoms with Gasteiger partial charge in [0.1, 0.15) is 0 Å². The van der Waals surface area contributed by atoms with Gasteiger partial charge in [0.05, 0.1) is 4.90 Å². The van der Waals surface area contributed by atoms with E-state index in [1.165, 1.54) is 5.56 Å². The van der Waals surface area contributed by atoms with E-state index in [0.29, 0.717) is 0 Å². The monoisotopic (exact) mass is 228 g/mol. The molecule has 0 bridgehead atoms. The number of hydrogen-bond acceptors (Lipinski definition) is 2. The van der Waals surface area contributed by atoms with E-state index in [0.717, 1.165) is 4.90 Å². The average molecular weight is 228 g/mol. The molecular formula is C10H16O2SSi. The van der Waals surface area contributed by atoms with Crippen molar-refractivity contribution in [2.45, 2.75) is 31.5 Å². The fourth-order valence-electron chi connectivity index (χ4n) is 0.925. The molecule has 4 heteroatoms. The normalized spacial score (nSPS) is 14.0. The maximum absolute atomic E-state index is 11.7. The zero-order valence-electron chi connectivity index (χ0n) is 9.03.